The van der Waals surface area contributed by atoms with Crippen LogP contribution in [-0.2, 0) is 12.2 Å². The number of anilines is 1. The molecular weight excluding hydrogens is 380 g/mol. The maximum Gasteiger partial charge on any atom is 0.258 e. The number of amides is 1. The van der Waals surface area contributed by atoms with Gasteiger partial charge in [0.2, 0.25) is 5.13 Å². The Labute approximate surface area is 166 Å². The molecule has 0 aliphatic heterocycles. The Morgan fingerprint density at radius 1 is 1.26 bits per heavy atom. The molecule has 6 nitrogen and oxygen atoms in total. The number of unbranched alkanes of at least 4 members (excludes halogenated alkanes) is 1. The Bertz CT molecular complexity index is 901. The Kier molecular flexibility index (Phi) is 6.63. The van der Waals surface area contributed by atoms with Crippen molar-refractivity contribution in [2.45, 2.75) is 50.7 Å². The SMILES string of the molecule is CCCCc1nnc(NC(=O)c2ccccc2SCc2c(C)noc2C)s1. The van der Waals surface area contributed by atoms with E-state index in [9.17, 15) is 4.79 Å². The topological polar surface area (TPSA) is 80.9 Å². The average Bonchev–Trinajstić information content (AvgIpc) is 3.25. The van der Waals surface area contributed by atoms with Crippen molar-refractivity contribution >= 4 is 34.1 Å². The molecule has 0 saturated carbocycles. The fourth-order valence-corrected chi connectivity index (χ4v) is 4.52. The van der Waals surface area contributed by atoms with Crippen LogP contribution in [0.4, 0.5) is 5.13 Å². The molecule has 2 heterocycles. The summed E-state index contributed by atoms with van der Waals surface area (Å²) >= 11 is 3.03. The summed E-state index contributed by atoms with van der Waals surface area (Å²) in [5, 5.41) is 16.6. The number of hydrogen-bond donors (Lipinski definition) is 1. The van der Waals surface area contributed by atoms with E-state index in [1.165, 1.54) is 11.3 Å². The maximum absolute atomic E-state index is 12.7. The molecule has 0 bridgehead atoms. The van der Waals surface area contributed by atoms with Gasteiger partial charge in [-0.25, -0.2) is 0 Å². The van der Waals surface area contributed by atoms with Gasteiger partial charge in [0.1, 0.15) is 10.8 Å². The van der Waals surface area contributed by atoms with Crippen LogP contribution in [0.1, 0.15) is 52.1 Å². The quantitative estimate of drug-likeness (QED) is 0.532. The van der Waals surface area contributed by atoms with Gasteiger partial charge in [-0.05, 0) is 32.4 Å². The number of carbonyl (C=O) groups is 1. The predicted molar refractivity (Wildman–Crippen MR) is 108 cm³/mol. The van der Waals surface area contributed by atoms with Gasteiger partial charge < -0.3 is 4.52 Å². The molecule has 1 amide bonds. The fraction of sp³-hybridized carbons (Fsp3) is 0.368. The van der Waals surface area contributed by atoms with Gasteiger partial charge in [0.25, 0.3) is 5.91 Å². The molecule has 142 valence electrons. The van der Waals surface area contributed by atoms with Gasteiger partial charge in [-0.2, -0.15) is 0 Å². The van der Waals surface area contributed by atoms with E-state index in [1.54, 1.807) is 11.8 Å². The van der Waals surface area contributed by atoms with E-state index in [4.69, 9.17) is 4.52 Å². The molecule has 3 rings (SSSR count). The van der Waals surface area contributed by atoms with Crippen LogP contribution < -0.4 is 5.32 Å². The highest BCUT2D eigenvalue weighted by atomic mass is 32.2. The van der Waals surface area contributed by atoms with Crippen molar-refractivity contribution in [3.05, 3.63) is 51.9 Å². The van der Waals surface area contributed by atoms with Crippen molar-refractivity contribution in [3.8, 4) is 0 Å². The summed E-state index contributed by atoms with van der Waals surface area (Å²) in [5.74, 6) is 1.34. The Hall–Kier alpha value is -2.19. The van der Waals surface area contributed by atoms with Gasteiger partial charge in [-0.1, -0.05) is 42.0 Å². The highest BCUT2D eigenvalue weighted by Crippen LogP contribution is 2.29. The third-order valence-electron chi connectivity index (χ3n) is 4.12. The maximum atomic E-state index is 12.7. The zero-order chi connectivity index (χ0) is 19.2. The summed E-state index contributed by atoms with van der Waals surface area (Å²) in [6.07, 6.45) is 3.08. The summed E-state index contributed by atoms with van der Waals surface area (Å²) < 4.78 is 5.21. The van der Waals surface area contributed by atoms with Crippen molar-refractivity contribution in [1.29, 1.82) is 0 Å². The predicted octanol–water partition coefficient (Wildman–Crippen LogP) is 5.03. The van der Waals surface area contributed by atoms with Crippen LogP contribution in [0.5, 0.6) is 0 Å². The standard InChI is InChI=1S/C19H22N4O2S2/c1-4-5-10-17-21-22-19(27-17)20-18(24)14-8-6-7-9-16(14)26-11-15-12(2)23-25-13(15)3/h6-9H,4-5,10-11H2,1-3H3,(H,20,22,24). The van der Waals surface area contributed by atoms with Crippen LogP contribution in [0.3, 0.4) is 0 Å². The van der Waals surface area contributed by atoms with Crippen LogP contribution in [0.15, 0.2) is 33.7 Å². The average molecular weight is 403 g/mol. The molecule has 0 fully saturated rings. The van der Waals surface area contributed by atoms with E-state index in [0.717, 1.165) is 46.2 Å². The van der Waals surface area contributed by atoms with Crippen LogP contribution >= 0.6 is 23.1 Å². The number of rotatable bonds is 8. The number of aryl methyl sites for hydroxylation is 3. The second-order valence-electron chi connectivity index (χ2n) is 6.15. The fourth-order valence-electron chi connectivity index (χ4n) is 2.54. The van der Waals surface area contributed by atoms with Crippen LogP contribution in [0.2, 0.25) is 0 Å². The number of benzene rings is 1. The van der Waals surface area contributed by atoms with E-state index >= 15 is 0 Å². The highest BCUT2D eigenvalue weighted by Gasteiger charge is 2.16. The van der Waals surface area contributed by atoms with Crippen LogP contribution in [0.25, 0.3) is 0 Å². The van der Waals surface area contributed by atoms with Gasteiger partial charge in [0.05, 0.1) is 11.3 Å². The first kappa shape index (κ1) is 19.6. The molecule has 1 aromatic carbocycles. The summed E-state index contributed by atoms with van der Waals surface area (Å²) in [4.78, 5) is 13.6. The minimum absolute atomic E-state index is 0.171. The first-order chi connectivity index (χ1) is 13.1. The summed E-state index contributed by atoms with van der Waals surface area (Å²) in [5.41, 5.74) is 2.58. The summed E-state index contributed by atoms with van der Waals surface area (Å²) in [6.45, 7) is 5.97. The van der Waals surface area contributed by atoms with E-state index in [0.29, 0.717) is 16.4 Å². The lowest BCUT2D eigenvalue weighted by Gasteiger charge is -2.08. The minimum atomic E-state index is -0.171. The molecule has 0 aliphatic carbocycles. The van der Waals surface area contributed by atoms with Gasteiger partial charge >= 0.3 is 0 Å². The molecule has 3 aromatic rings. The van der Waals surface area contributed by atoms with Gasteiger partial charge in [-0.15, -0.1) is 22.0 Å². The number of nitrogens with zero attached hydrogens (tertiary/aromatic N) is 3. The van der Waals surface area contributed by atoms with Crippen molar-refractivity contribution in [3.63, 3.8) is 0 Å². The molecule has 1 N–H and O–H groups in total. The molecule has 0 saturated heterocycles. The van der Waals surface area contributed by atoms with Crippen molar-refractivity contribution in [1.82, 2.24) is 15.4 Å². The summed E-state index contributed by atoms with van der Waals surface area (Å²) in [7, 11) is 0. The van der Waals surface area contributed by atoms with E-state index in [1.807, 2.05) is 38.1 Å². The molecule has 0 spiro atoms. The molecule has 8 heteroatoms. The number of hydrogen-bond acceptors (Lipinski definition) is 7. The first-order valence-electron chi connectivity index (χ1n) is 8.85. The number of aromatic nitrogens is 3. The first-order valence-corrected chi connectivity index (χ1v) is 10.7. The molecular formula is C19H22N4O2S2. The van der Waals surface area contributed by atoms with Crippen molar-refractivity contribution < 1.29 is 9.32 Å². The smallest absolute Gasteiger partial charge is 0.258 e. The Morgan fingerprint density at radius 3 is 2.81 bits per heavy atom. The lowest BCUT2D eigenvalue weighted by atomic mass is 10.2. The summed E-state index contributed by atoms with van der Waals surface area (Å²) in [6, 6.07) is 7.57. The molecule has 0 atom stereocenters. The molecule has 0 unspecified atom stereocenters. The molecule has 0 aliphatic rings. The van der Waals surface area contributed by atoms with Gasteiger partial charge in [-0.3, -0.25) is 10.1 Å². The van der Waals surface area contributed by atoms with Crippen LogP contribution in [-0.4, -0.2) is 21.3 Å². The monoisotopic (exact) mass is 402 g/mol. The second kappa shape index (κ2) is 9.14. The lowest BCUT2D eigenvalue weighted by Crippen LogP contribution is -2.12. The Balaban J connectivity index is 1.69. The minimum Gasteiger partial charge on any atom is -0.361 e. The molecule has 2 aromatic heterocycles. The zero-order valence-corrected chi connectivity index (χ0v) is 17.2. The van der Waals surface area contributed by atoms with Gasteiger partial charge in [0, 0.05) is 22.6 Å². The largest absolute Gasteiger partial charge is 0.361 e. The normalized spacial score (nSPS) is 10.9. The number of thioether (sulfide) groups is 1. The zero-order valence-electron chi connectivity index (χ0n) is 15.6. The molecule has 27 heavy (non-hydrogen) atoms. The van der Waals surface area contributed by atoms with E-state index < -0.39 is 0 Å². The van der Waals surface area contributed by atoms with Crippen molar-refractivity contribution in [2.24, 2.45) is 0 Å². The lowest BCUT2D eigenvalue weighted by molar-refractivity contribution is 0.102. The second-order valence-corrected chi connectivity index (χ2v) is 8.23. The Morgan fingerprint density at radius 2 is 2.07 bits per heavy atom. The number of carbonyl (C=O) groups excluding carboxylic acids is 1. The van der Waals surface area contributed by atoms with Crippen molar-refractivity contribution in [2.75, 3.05) is 5.32 Å². The molecule has 0 radical (unpaired) electrons. The highest BCUT2D eigenvalue weighted by molar-refractivity contribution is 7.98. The van der Waals surface area contributed by atoms with Crippen LogP contribution in [0, 0.1) is 13.8 Å². The third kappa shape index (κ3) is 4.95. The van der Waals surface area contributed by atoms with E-state index in [2.05, 4.69) is 27.6 Å². The number of nitrogens with one attached hydrogen (secondary N) is 1. The van der Waals surface area contributed by atoms with Gasteiger partial charge in [0.15, 0.2) is 0 Å². The third-order valence-corrected chi connectivity index (χ3v) is 6.11. The van der Waals surface area contributed by atoms with E-state index in [-0.39, 0.29) is 5.91 Å².